The Bertz CT molecular complexity index is 501. The fourth-order valence-electron chi connectivity index (χ4n) is 1.91. The van der Waals surface area contributed by atoms with Gasteiger partial charge in [-0.3, -0.25) is 0 Å². The second kappa shape index (κ2) is 7.98. The lowest BCUT2D eigenvalue weighted by atomic mass is 9.85. The van der Waals surface area contributed by atoms with Gasteiger partial charge < -0.3 is 21.5 Å². The van der Waals surface area contributed by atoms with Crippen LogP contribution in [-0.4, -0.2) is 31.9 Å². The SMILES string of the molecule is CC(C)(C)c1cc(CCNC(N)=O)cc(OC[C@H](F)CN)c1. The minimum absolute atomic E-state index is 0.0612. The van der Waals surface area contributed by atoms with Crippen molar-refractivity contribution in [3.63, 3.8) is 0 Å². The fraction of sp³-hybridized carbons (Fsp3) is 0.562. The number of carbonyl (C=O) groups excluding carboxylic acids is 1. The molecule has 2 amide bonds. The van der Waals surface area contributed by atoms with Crippen LogP contribution in [0.3, 0.4) is 0 Å². The van der Waals surface area contributed by atoms with Crippen molar-refractivity contribution in [3.05, 3.63) is 29.3 Å². The van der Waals surface area contributed by atoms with Gasteiger partial charge in [0.05, 0.1) is 0 Å². The monoisotopic (exact) mass is 311 g/mol. The van der Waals surface area contributed by atoms with E-state index in [2.05, 4.69) is 32.2 Å². The van der Waals surface area contributed by atoms with Crippen LogP contribution in [0.4, 0.5) is 9.18 Å². The van der Waals surface area contributed by atoms with Gasteiger partial charge in [0.25, 0.3) is 0 Å². The van der Waals surface area contributed by atoms with E-state index < -0.39 is 12.2 Å². The van der Waals surface area contributed by atoms with Crippen LogP contribution in [0.2, 0.25) is 0 Å². The summed E-state index contributed by atoms with van der Waals surface area (Å²) in [4.78, 5) is 10.7. The van der Waals surface area contributed by atoms with Gasteiger partial charge in [-0.25, -0.2) is 9.18 Å². The molecule has 0 saturated heterocycles. The topological polar surface area (TPSA) is 90.4 Å². The van der Waals surface area contributed by atoms with Crippen LogP contribution in [0.15, 0.2) is 18.2 Å². The normalized spacial score (nSPS) is 12.8. The molecule has 0 saturated carbocycles. The highest BCUT2D eigenvalue weighted by atomic mass is 19.1. The fourth-order valence-corrected chi connectivity index (χ4v) is 1.91. The van der Waals surface area contributed by atoms with E-state index >= 15 is 0 Å². The first-order chi connectivity index (χ1) is 10.2. The zero-order valence-electron chi connectivity index (χ0n) is 13.5. The third-order valence-electron chi connectivity index (χ3n) is 3.23. The summed E-state index contributed by atoms with van der Waals surface area (Å²) in [6, 6.07) is 5.27. The third kappa shape index (κ3) is 6.30. The van der Waals surface area contributed by atoms with Gasteiger partial charge in [-0.2, -0.15) is 0 Å². The van der Waals surface area contributed by atoms with Gasteiger partial charge in [-0.05, 0) is 35.1 Å². The summed E-state index contributed by atoms with van der Waals surface area (Å²) in [6.45, 7) is 6.59. The molecule has 1 rings (SSSR count). The van der Waals surface area contributed by atoms with E-state index in [-0.39, 0.29) is 18.6 Å². The number of alkyl halides is 1. The lowest BCUT2D eigenvalue weighted by molar-refractivity contribution is 0.200. The van der Waals surface area contributed by atoms with Gasteiger partial charge in [-0.1, -0.05) is 26.8 Å². The number of nitrogens with two attached hydrogens (primary N) is 2. The van der Waals surface area contributed by atoms with Crippen LogP contribution in [0.5, 0.6) is 5.75 Å². The molecule has 5 N–H and O–H groups in total. The predicted molar refractivity (Wildman–Crippen MR) is 85.9 cm³/mol. The number of amides is 2. The van der Waals surface area contributed by atoms with E-state index in [4.69, 9.17) is 16.2 Å². The Morgan fingerprint density at radius 1 is 1.36 bits per heavy atom. The maximum Gasteiger partial charge on any atom is 0.312 e. The van der Waals surface area contributed by atoms with E-state index in [1.807, 2.05) is 12.1 Å². The Morgan fingerprint density at radius 2 is 2.05 bits per heavy atom. The predicted octanol–water partition coefficient (Wildman–Crippen LogP) is 1.87. The first-order valence-electron chi connectivity index (χ1n) is 7.37. The molecular formula is C16H26FN3O2. The van der Waals surface area contributed by atoms with E-state index in [9.17, 15) is 9.18 Å². The molecule has 0 fully saturated rings. The van der Waals surface area contributed by atoms with Crippen molar-refractivity contribution < 1.29 is 13.9 Å². The Morgan fingerprint density at radius 3 is 2.59 bits per heavy atom. The highest BCUT2D eigenvalue weighted by Gasteiger charge is 2.16. The lowest BCUT2D eigenvalue weighted by Gasteiger charge is -2.22. The van der Waals surface area contributed by atoms with E-state index in [1.165, 1.54) is 0 Å². The quantitative estimate of drug-likeness (QED) is 0.718. The molecule has 0 unspecified atom stereocenters. The van der Waals surface area contributed by atoms with Crippen molar-refractivity contribution in [2.24, 2.45) is 11.5 Å². The zero-order chi connectivity index (χ0) is 16.8. The Labute approximate surface area is 131 Å². The number of rotatable bonds is 7. The number of hydrogen-bond acceptors (Lipinski definition) is 3. The molecule has 0 bridgehead atoms. The maximum atomic E-state index is 13.2. The standard InChI is InChI=1S/C16H26FN3O2/c1-16(2,3)12-6-11(4-5-20-15(19)21)7-14(8-12)22-10-13(17)9-18/h6-8,13H,4-5,9-10,18H2,1-3H3,(H3,19,20,21)/t13-/m1/s1. The van der Waals surface area contributed by atoms with Gasteiger partial charge in [-0.15, -0.1) is 0 Å². The number of primary amides is 1. The molecule has 124 valence electrons. The highest BCUT2D eigenvalue weighted by Crippen LogP contribution is 2.28. The van der Waals surface area contributed by atoms with Crippen molar-refractivity contribution in [2.75, 3.05) is 19.7 Å². The smallest absolute Gasteiger partial charge is 0.312 e. The third-order valence-corrected chi connectivity index (χ3v) is 3.23. The summed E-state index contributed by atoms with van der Waals surface area (Å²) in [5.74, 6) is 0.609. The molecule has 0 heterocycles. The number of halogens is 1. The molecule has 6 heteroatoms. The van der Waals surface area contributed by atoms with Crippen molar-refractivity contribution in [1.29, 1.82) is 0 Å². The maximum absolute atomic E-state index is 13.2. The van der Waals surface area contributed by atoms with Crippen molar-refractivity contribution in [3.8, 4) is 5.75 Å². The number of nitrogens with one attached hydrogen (secondary N) is 1. The van der Waals surface area contributed by atoms with Crippen molar-refractivity contribution >= 4 is 6.03 Å². The molecule has 0 aliphatic heterocycles. The molecule has 5 nitrogen and oxygen atoms in total. The number of hydrogen-bond donors (Lipinski definition) is 3. The molecular weight excluding hydrogens is 285 g/mol. The molecule has 0 spiro atoms. The summed E-state index contributed by atoms with van der Waals surface area (Å²) >= 11 is 0. The summed E-state index contributed by atoms with van der Waals surface area (Å²) in [7, 11) is 0. The van der Waals surface area contributed by atoms with E-state index in [1.54, 1.807) is 0 Å². The molecule has 0 aromatic heterocycles. The van der Waals surface area contributed by atoms with Crippen LogP contribution in [-0.2, 0) is 11.8 Å². The van der Waals surface area contributed by atoms with Crippen LogP contribution in [0.1, 0.15) is 31.9 Å². The van der Waals surface area contributed by atoms with Crippen LogP contribution in [0.25, 0.3) is 0 Å². The average Bonchev–Trinajstić information content (AvgIpc) is 2.43. The molecule has 0 aliphatic carbocycles. The summed E-state index contributed by atoms with van der Waals surface area (Å²) in [6.07, 6.45) is -0.558. The largest absolute Gasteiger partial charge is 0.490 e. The number of benzene rings is 1. The van der Waals surface area contributed by atoms with Crippen LogP contribution >= 0.6 is 0 Å². The highest BCUT2D eigenvalue weighted by molar-refractivity contribution is 5.71. The Balaban J connectivity index is 2.88. The molecule has 0 aliphatic rings. The van der Waals surface area contributed by atoms with Crippen molar-refractivity contribution in [2.45, 2.75) is 38.8 Å². The van der Waals surface area contributed by atoms with Crippen LogP contribution in [0, 0.1) is 0 Å². The first-order valence-corrected chi connectivity index (χ1v) is 7.37. The minimum atomic E-state index is -1.18. The summed E-state index contributed by atoms with van der Waals surface area (Å²) in [5, 5.41) is 2.55. The Kier molecular flexibility index (Phi) is 6.61. The molecule has 1 aromatic carbocycles. The first kappa shape index (κ1) is 18.2. The lowest BCUT2D eigenvalue weighted by Crippen LogP contribution is -2.31. The van der Waals surface area contributed by atoms with Gasteiger partial charge in [0, 0.05) is 13.1 Å². The van der Waals surface area contributed by atoms with E-state index in [0.717, 1.165) is 11.1 Å². The van der Waals surface area contributed by atoms with Gasteiger partial charge in [0.2, 0.25) is 0 Å². The van der Waals surface area contributed by atoms with Gasteiger partial charge in [0.15, 0.2) is 0 Å². The number of carbonyl (C=O) groups is 1. The second-order valence-electron chi connectivity index (χ2n) is 6.30. The minimum Gasteiger partial charge on any atom is -0.490 e. The zero-order valence-corrected chi connectivity index (χ0v) is 13.5. The molecule has 0 radical (unpaired) electrons. The molecule has 1 aromatic rings. The second-order valence-corrected chi connectivity index (χ2v) is 6.30. The molecule has 22 heavy (non-hydrogen) atoms. The summed E-state index contributed by atoms with van der Waals surface area (Å²) in [5.41, 5.74) is 12.3. The Hall–Kier alpha value is -1.82. The van der Waals surface area contributed by atoms with E-state index in [0.29, 0.717) is 18.7 Å². The molecule has 1 atom stereocenters. The average molecular weight is 311 g/mol. The van der Waals surface area contributed by atoms with Crippen molar-refractivity contribution in [1.82, 2.24) is 5.32 Å². The van der Waals surface area contributed by atoms with Gasteiger partial charge in [0.1, 0.15) is 18.5 Å². The number of urea groups is 1. The van der Waals surface area contributed by atoms with Gasteiger partial charge >= 0.3 is 6.03 Å². The summed E-state index contributed by atoms with van der Waals surface area (Å²) < 4.78 is 18.7. The number of ether oxygens (including phenoxy) is 1. The van der Waals surface area contributed by atoms with Crippen LogP contribution < -0.4 is 21.5 Å².